The first kappa shape index (κ1) is 27.7. The molecule has 0 spiro atoms. The third-order valence-electron chi connectivity index (χ3n) is 6.73. The molecule has 0 bridgehead atoms. The van der Waals surface area contributed by atoms with Crippen molar-refractivity contribution in [2.75, 3.05) is 21.3 Å². The lowest BCUT2D eigenvalue weighted by Gasteiger charge is -2.54. The molecule has 1 fully saturated rings. The molecule has 0 aromatic rings. The summed E-state index contributed by atoms with van der Waals surface area (Å²) in [5.41, 5.74) is 0. The van der Waals surface area contributed by atoms with Gasteiger partial charge in [-0.3, -0.25) is 9.35 Å². The van der Waals surface area contributed by atoms with Gasteiger partial charge in [-0.15, -0.1) is 0 Å². The maximum Gasteiger partial charge on any atom is 0.372 e. The van der Waals surface area contributed by atoms with E-state index < -0.39 is 35.1 Å². The summed E-state index contributed by atoms with van der Waals surface area (Å²) < 4.78 is 52.4. The molecule has 1 N–H and O–H groups in total. The van der Waals surface area contributed by atoms with Crippen LogP contribution in [0.3, 0.4) is 0 Å². The molecule has 0 radical (unpaired) electrons. The Kier molecular flexibility index (Phi) is 11.7. The van der Waals surface area contributed by atoms with E-state index >= 15 is 0 Å². The first-order chi connectivity index (χ1) is 14.2. The molecule has 178 valence electrons. The third-order valence-corrected chi connectivity index (χ3v) is 12.8. The van der Waals surface area contributed by atoms with E-state index in [1.807, 2.05) is 0 Å². The average molecular weight is 467 g/mol. The molecule has 9 heteroatoms. The summed E-state index contributed by atoms with van der Waals surface area (Å²) in [6, 6.07) is 0.515. The van der Waals surface area contributed by atoms with Crippen LogP contribution in [0.25, 0.3) is 0 Å². The smallest absolute Gasteiger partial charge is 0.372 e. The molecule has 0 aromatic carbocycles. The molecular formula is C21H42O7SSi. The fourth-order valence-corrected chi connectivity index (χ4v) is 11.5. The van der Waals surface area contributed by atoms with Gasteiger partial charge in [-0.05, 0) is 25.3 Å². The molecule has 0 aliphatic carbocycles. The number of hydrogen-bond acceptors (Lipinski definition) is 6. The highest BCUT2D eigenvalue weighted by Gasteiger charge is 2.70. The molecule has 3 atom stereocenters. The highest BCUT2D eigenvalue weighted by Crippen LogP contribution is 2.49. The van der Waals surface area contributed by atoms with Gasteiger partial charge >= 0.3 is 8.56 Å². The van der Waals surface area contributed by atoms with Gasteiger partial charge in [0.1, 0.15) is 16.3 Å². The monoisotopic (exact) mass is 466 g/mol. The van der Waals surface area contributed by atoms with E-state index in [1.54, 1.807) is 6.92 Å². The van der Waals surface area contributed by atoms with Gasteiger partial charge in [0, 0.05) is 27.8 Å². The van der Waals surface area contributed by atoms with Crippen molar-refractivity contribution < 1.29 is 31.4 Å². The van der Waals surface area contributed by atoms with Crippen LogP contribution in [-0.2, 0) is 28.5 Å². The van der Waals surface area contributed by atoms with E-state index in [1.165, 1.54) is 47.0 Å². The Labute approximate surface area is 184 Å². The largest absolute Gasteiger partial charge is 0.396 e. The summed E-state index contributed by atoms with van der Waals surface area (Å²) in [7, 11) is -3.38. The van der Waals surface area contributed by atoms with Crippen LogP contribution in [0.2, 0.25) is 6.04 Å². The van der Waals surface area contributed by atoms with Crippen molar-refractivity contribution in [2.24, 2.45) is 5.92 Å². The van der Waals surface area contributed by atoms with Crippen molar-refractivity contribution in [1.29, 1.82) is 0 Å². The quantitative estimate of drug-likeness (QED) is 0.216. The van der Waals surface area contributed by atoms with Gasteiger partial charge in [-0.2, -0.15) is 8.42 Å². The van der Waals surface area contributed by atoms with Gasteiger partial charge < -0.3 is 13.6 Å². The highest BCUT2D eigenvalue weighted by atomic mass is 32.2. The molecule has 1 aliphatic rings. The van der Waals surface area contributed by atoms with Crippen LogP contribution in [-0.4, -0.2) is 59.1 Å². The second-order valence-corrected chi connectivity index (χ2v) is 13.6. The average Bonchev–Trinajstić information content (AvgIpc) is 2.72. The second kappa shape index (κ2) is 12.6. The minimum atomic E-state index is -4.48. The predicted octanol–water partition coefficient (Wildman–Crippen LogP) is 4.43. The molecule has 0 aromatic heterocycles. The number of rotatable bonds is 15. The number of ether oxygens (including phenoxy) is 1. The Morgan fingerprint density at radius 3 is 2.10 bits per heavy atom. The Bertz CT molecular complexity index is 621. The molecule has 30 heavy (non-hydrogen) atoms. The lowest BCUT2D eigenvalue weighted by atomic mass is 9.85. The zero-order valence-corrected chi connectivity index (χ0v) is 21.3. The van der Waals surface area contributed by atoms with Crippen molar-refractivity contribution in [3.05, 3.63) is 0 Å². The van der Waals surface area contributed by atoms with Crippen LogP contribution in [0.4, 0.5) is 0 Å². The van der Waals surface area contributed by atoms with Crippen LogP contribution < -0.4 is 0 Å². The molecule has 1 rings (SSSR count). The maximum absolute atomic E-state index is 13.3. The number of methoxy groups -OCH3 is 1. The van der Waals surface area contributed by atoms with Crippen LogP contribution in [0.15, 0.2) is 0 Å². The van der Waals surface area contributed by atoms with E-state index in [-0.39, 0.29) is 12.2 Å². The van der Waals surface area contributed by atoms with Crippen molar-refractivity contribution in [2.45, 2.75) is 101 Å². The Morgan fingerprint density at radius 1 is 1.07 bits per heavy atom. The first-order valence-corrected chi connectivity index (χ1v) is 14.9. The van der Waals surface area contributed by atoms with Gasteiger partial charge in [0.15, 0.2) is 0 Å². The number of ketones is 1. The summed E-state index contributed by atoms with van der Waals surface area (Å²) in [6.45, 7) is 3.86. The second-order valence-electron chi connectivity index (χ2n) is 8.35. The molecule has 3 unspecified atom stereocenters. The van der Waals surface area contributed by atoms with Gasteiger partial charge in [0.25, 0.3) is 10.1 Å². The Hall–Kier alpha value is -0.323. The minimum absolute atomic E-state index is 0.0156. The number of carbonyl (C=O) groups excluding carboxylic acids is 1. The Balaban J connectivity index is 3.13. The molecule has 0 saturated carbocycles. The summed E-state index contributed by atoms with van der Waals surface area (Å²) >= 11 is 0. The van der Waals surface area contributed by atoms with Gasteiger partial charge in [0.2, 0.25) is 0 Å². The van der Waals surface area contributed by atoms with Crippen molar-refractivity contribution in [1.82, 2.24) is 0 Å². The summed E-state index contributed by atoms with van der Waals surface area (Å²) in [5.74, 6) is -0.687. The predicted molar refractivity (Wildman–Crippen MR) is 120 cm³/mol. The fourth-order valence-electron chi connectivity index (χ4n) is 5.29. The van der Waals surface area contributed by atoms with Crippen molar-refractivity contribution in [3.8, 4) is 0 Å². The molecule has 7 nitrogen and oxygen atoms in total. The molecule has 1 aliphatic heterocycles. The normalized spacial score (nSPS) is 25.2. The number of carbonyl (C=O) groups is 1. The molecule has 1 saturated heterocycles. The molecule has 1 heterocycles. The van der Waals surface area contributed by atoms with Crippen LogP contribution in [0.1, 0.15) is 84.5 Å². The highest BCUT2D eigenvalue weighted by molar-refractivity contribution is 7.86. The SMILES string of the molecule is CCCCCCCCCC(=O)C1CCC[Si](OC)(OC)C1(OC)C(CC)S(=O)(=O)O. The summed E-state index contributed by atoms with van der Waals surface area (Å²) in [4.78, 5) is 13.3. The van der Waals surface area contributed by atoms with E-state index in [2.05, 4.69) is 6.92 Å². The number of Topliss-reactive ketones (excluding diaryl/α,β-unsaturated/α-hetero) is 1. The molecule has 0 amide bonds. The van der Waals surface area contributed by atoms with E-state index in [4.69, 9.17) is 13.6 Å². The number of unbranched alkanes of at least 4 members (excludes halogenated alkanes) is 6. The standard InChI is InChI=1S/C21H42O7SSi/c1-6-8-9-10-11-12-13-16-19(22)18-15-14-17-30(27-4,28-5)21(18,26-3)20(7-2)29(23,24)25/h18,20H,6-17H2,1-5H3,(H,23,24,25). The summed E-state index contributed by atoms with van der Waals surface area (Å²) in [5, 5.41) is -2.75. The van der Waals surface area contributed by atoms with Gasteiger partial charge in [0.05, 0.1) is 5.92 Å². The van der Waals surface area contributed by atoms with Crippen molar-refractivity contribution >= 4 is 24.5 Å². The minimum Gasteiger partial charge on any atom is -0.396 e. The topological polar surface area (TPSA) is 99.1 Å². The van der Waals surface area contributed by atoms with Crippen LogP contribution >= 0.6 is 0 Å². The van der Waals surface area contributed by atoms with E-state index in [0.717, 1.165) is 19.3 Å². The lowest BCUT2D eigenvalue weighted by Crippen LogP contribution is -2.75. The fraction of sp³-hybridized carbons (Fsp3) is 0.952. The van der Waals surface area contributed by atoms with E-state index in [9.17, 15) is 17.8 Å². The first-order valence-electron chi connectivity index (χ1n) is 11.3. The van der Waals surface area contributed by atoms with E-state index in [0.29, 0.717) is 25.3 Å². The third kappa shape index (κ3) is 5.92. The van der Waals surface area contributed by atoms with Crippen LogP contribution in [0, 0.1) is 5.92 Å². The van der Waals surface area contributed by atoms with Crippen LogP contribution in [0.5, 0.6) is 0 Å². The maximum atomic E-state index is 13.3. The van der Waals surface area contributed by atoms with Crippen molar-refractivity contribution in [3.63, 3.8) is 0 Å². The molecular weight excluding hydrogens is 424 g/mol. The number of hydrogen-bond donors (Lipinski definition) is 1. The Morgan fingerprint density at radius 2 is 1.63 bits per heavy atom. The lowest BCUT2D eigenvalue weighted by molar-refractivity contribution is -0.134. The van der Waals surface area contributed by atoms with Gasteiger partial charge in [-0.1, -0.05) is 58.8 Å². The summed E-state index contributed by atoms with van der Waals surface area (Å²) in [6.07, 6.45) is 9.41. The van der Waals surface area contributed by atoms with Gasteiger partial charge in [-0.25, -0.2) is 0 Å². The zero-order valence-electron chi connectivity index (χ0n) is 19.4. The zero-order chi connectivity index (χ0) is 22.8.